The monoisotopic (exact) mass is 233 g/mol. The van der Waals surface area contributed by atoms with Crippen molar-refractivity contribution in [1.29, 1.82) is 5.26 Å². The first kappa shape index (κ1) is 12.1. The third-order valence-electron chi connectivity index (χ3n) is 1.60. The molecule has 0 aliphatic carbocycles. The van der Waals surface area contributed by atoms with E-state index in [1.807, 2.05) is 0 Å². The Balaban J connectivity index is 3.27. The van der Waals surface area contributed by atoms with Crippen LogP contribution in [0.5, 0.6) is 5.88 Å². The van der Waals surface area contributed by atoms with Crippen molar-refractivity contribution in [3.05, 3.63) is 17.2 Å². The van der Waals surface area contributed by atoms with Crippen molar-refractivity contribution in [1.82, 2.24) is 4.98 Å². The molecule has 1 heterocycles. The maximum atomic E-state index is 12.0. The number of rotatable bonds is 2. The second kappa shape index (κ2) is 4.24. The molecule has 0 unspecified atom stereocenters. The van der Waals surface area contributed by atoms with E-state index in [1.165, 1.54) is 0 Å². The molecule has 0 saturated heterocycles. The normalized spacial score (nSPS) is 10.9. The SMILES string of the molecule is N#Cc1cc(N)nc(OC(F)(F)F)c1CO. The first-order valence-corrected chi connectivity index (χ1v) is 3.93. The van der Waals surface area contributed by atoms with E-state index in [2.05, 4.69) is 9.72 Å². The number of hydrogen-bond donors (Lipinski definition) is 2. The highest BCUT2D eigenvalue weighted by Gasteiger charge is 2.33. The molecule has 0 saturated carbocycles. The zero-order valence-corrected chi connectivity index (χ0v) is 7.75. The van der Waals surface area contributed by atoms with Gasteiger partial charge in [0.05, 0.1) is 23.8 Å². The summed E-state index contributed by atoms with van der Waals surface area (Å²) in [6, 6.07) is 2.64. The fourth-order valence-corrected chi connectivity index (χ4v) is 1.01. The van der Waals surface area contributed by atoms with Gasteiger partial charge in [-0.1, -0.05) is 0 Å². The average molecular weight is 233 g/mol. The molecule has 0 aliphatic heterocycles. The minimum absolute atomic E-state index is 0.214. The quantitative estimate of drug-likeness (QED) is 0.792. The number of nitriles is 1. The lowest BCUT2D eigenvalue weighted by atomic mass is 10.1. The molecule has 0 bridgehead atoms. The number of pyridine rings is 1. The molecule has 5 nitrogen and oxygen atoms in total. The van der Waals surface area contributed by atoms with Gasteiger partial charge in [0.25, 0.3) is 0 Å². The van der Waals surface area contributed by atoms with Crippen LogP contribution >= 0.6 is 0 Å². The lowest BCUT2D eigenvalue weighted by molar-refractivity contribution is -0.276. The number of halogens is 3. The van der Waals surface area contributed by atoms with Crippen LogP contribution < -0.4 is 10.5 Å². The maximum absolute atomic E-state index is 12.0. The Kier molecular flexibility index (Phi) is 3.20. The Morgan fingerprint density at radius 2 is 2.19 bits per heavy atom. The summed E-state index contributed by atoms with van der Waals surface area (Å²) in [7, 11) is 0. The fraction of sp³-hybridized carbons (Fsp3) is 0.250. The molecular weight excluding hydrogens is 227 g/mol. The molecule has 0 spiro atoms. The molecular formula is C8H6F3N3O2. The van der Waals surface area contributed by atoms with E-state index in [-0.39, 0.29) is 16.9 Å². The summed E-state index contributed by atoms with van der Waals surface area (Å²) in [5, 5.41) is 17.5. The van der Waals surface area contributed by atoms with E-state index in [9.17, 15) is 13.2 Å². The average Bonchev–Trinajstić information content (AvgIpc) is 2.14. The minimum Gasteiger partial charge on any atom is -0.391 e. The van der Waals surface area contributed by atoms with Gasteiger partial charge in [-0.3, -0.25) is 0 Å². The number of alkyl halides is 3. The first-order valence-electron chi connectivity index (χ1n) is 3.93. The zero-order valence-electron chi connectivity index (χ0n) is 7.75. The Morgan fingerprint density at radius 1 is 1.56 bits per heavy atom. The molecule has 0 aliphatic rings. The number of aromatic nitrogens is 1. The van der Waals surface area contributed by atoms with Crippen LogP contribution in [-0.4, -0.2) is 16.5 Å². The van der Waals surface area contributed by atoms with E-state index < -0.39 is 18.8 Å². The molecule has 0 fully saturated rings. The van der Waals surface area contributed by atoms with Gasteiger partial charge in [-0.2, -0.15) is 10.2 Å². The van der Waals surface area contributed by atoms with Crippen molar-refractivity contribution in [2.75, 3.05) is 5.73 Å². The fourth-order valence-electron chi connectivity index (χ4n) is 1.01. The van der Waals surface area contributed by atoms with Crippen LogP contribution in [0.2, 0.25) is 0 Å². The zero-order chi connectivity index (χ0) is 12.3. The molecule has 0 aromatic carbocycles. The van der Waals surface area contributed by atoms with E-state index in [4.69, 9.17) is 16.1 Å². The maximum Gasteiger partial charge on any atom is 0.574 e. The van der Waals surface area contributed by atoms with E-state index in [0.29, 0.717) is 0 Å². The Labute approximate surface area is 87.9 Å². The number of anilines is 1. The number of nitrogens with zero attached hydrogens (tertiary/aromatic N) is 2. The highest BCUT2D eigenvalue weighted by atomic mass is 19.4. The summed E-state index contributed by atoms with van der Waals surface area (Å²) in [4.78, 5) is 3.26. The Morgan fingerprint density at radius 3 is 2.62 bits per heavy atom. The lowest BCUT2D eigenvalue weighted by Gasteiger charge is -2.12. The summed E-state index contributed by atoms with van der Waals surface area (Å²) >= 11 is 0. The number of nitrogens with two attached hydrogens (primary N) is 1. The third kappa shape index (κ3) is 2.74. The molecule has 16 heavy (non-hydrogen) atoms. The van der Waals surface area contributed by atoms with Crippen molar-refractivity contribution in [2.24, 2.45) is 0 Å². The van der Waals surface area contributed by atoms with Crippen molar-refractivity contribution >= 4 is 5.82 Å². The number of aliphatic hydroxyl groups is 1. The lowest BCUT2D eigenvalue weighted by Crippen LogP contribution is -2.20. The van der Waals surface area contributed by atoms with Gasteiger partial charge in [0, 0.05) is 0 Å². The Hall–Kier alpha value is -2.01. The van der Waals surface area contributed by atoms with E-state index in [1.54, 1.807) is 6.07 Å². The molecule has 8 heteroatoms. The van der Waals surface area contributed by atoms with Crippen LogP contribution in [0, 0.1) is 11.3 Å². The third-order valence-corrected chi connectivity index (χ3v) is 1.60. The second-order valence-corrected chi connectivity index (χ2v) is 2.70. The van der Waals surface area contributed by atoms with Gasteiger partial charge in [-0.15, -0.1) is 13.2 Å². The minimum atomic E-state index is -4.96. The van der Waals surface area contributed by atoms with Crippen molar-refractivity contribution in [3.8, 4) is 11.9 Å². The molecule has 1 aromatic heterocycles. The van der Waals surface area contributed by atoms with Gasteiger partial charge in [0.15, 0.2) is 0 Å². The summed E-state index contributed by atoms with van der Waals surface area (Å²) in [6.45, 7) is -0.804. The first-order chi connectivity index (χ1) is 7.37. The topological polar surface area (TPSA) is 92.2 Å². The molecule has 1 aromatic rings. The Bertz CT molecular complexity index is 439. The summed E-state index contributed by atoms with van der Waals surface area (Å²) in [5.74, 6) is -1.21. The van der Waals surface area contributed by atoms with Crippen LogP contribution in [-0.2, 0) is 6.61 Å². The molecule has 1 rings (SSSR count). The van der Waals surface area contributed by atoms with E-state index >= 15 is 0 Å². The molecule has 3 N–H and O–H groups in total. The predicted octanol–water partition coefficient (Wildman–Crippen LogP) is 0.926. The van der Waals surface area contributed by atoms with Crippen molar-refractivity contribution in [2.45, 2.75) is 13.0 Å². The smallest absolute Gasteiger partial charge is 0.391 e. The van der Waals surface area contributed by atoms with Crippen LogP contribution in [0.15, 0.2) is 6.07 Å². The highest BCUT2D eigenvalue weighted by molar-refractivity contribution is 5.49. The van der Waals surface area contributed by atoms with Gasteiger partial charge < -0.3 is 15.6 Å². The van der Waals surface area contributed by atoms with Gasteiger partial charge in [-0.25, -0.2) is 0 Å². The molecule has 0 amide bonds. The second-order valence-electron chi connectivity index (χ2n) is 2.70. The largest absolute Gasteiger partial charge is 0.574 e. The van der Waals surface area contributed by atoms with Crippen LogP contribution in [0.3, 0.4) is 0 Å². The predicted molar refractivity (Wildman–Crippen MR) is 46.0 cm³/mol. The number of aliphatic hydroxyl groups excluding tert-OH is 1. The molecule has 0 atom stereocenters. The summed E-state index contributed by atoms with van der Waals surface area (Å²) < 4.78 is 39.4. The number of ether oxygens (including phenoxy) is 1. The van der Waals surface area contributed by atoms with Crippen molar-refractivity contribution < 1.29 is 23.0 Å². The highest BCUT2D eigenvalue weighted by Crippen LogP contribution is 2.27. The number of hydrogen-bond acceptors (Lipinski definition) is 5. The summed E-state index contributed by atoms with van der Waals surface area (Å²) in [5.41, 5.74) is 4.62. The molecule has 86 valence electrons. The van der Waals surface area contributed by atoms with Crippen LogP contribution in [0.25, 0.3) is 0 Å². The molecule has 0 radical (unpaired) electrons. The standard InChI is InChI=1S/C8H6F3N3O2/c9-8(10,11)16-7-5(3-15)4(2-12)1-6(13)14-7/h1,15H,3H2,(H2,13,14). The number of nitrogen functional groups attached to an aromatic ring is 1. The van der Waals surface area contributed by atoms with Gasteiger partial charge in [-0.05, 0) is 6.07 Å². The van der Waals surface area contributed by atoms with E-state index in [0.717, 1.165) is 6.07 Å². The van der Waals surface area contributed by atoms with Crippen LogP contribution in [0.4, 0.5) is 19.0 Å². The van der Waals surface area contributed by atoms with Crippen molar-refractivity contribution in [3.63, 3.8) is 0 Å². The summed E-state index contributed by atoms with van der Waals surface area (Å²) in [6.07, 6.45) is -4.96. The van der Waals surface area contributed by atoms with Gasteiger partial charge in [0.2, 0.25) is 5.88 Å². The van der Waals surface area contributed by atoms with Gasteiger partial charge >= 0.3 is 6.36 Å². The van der Waals surface area contributed by atoms with Crippen LogP contribution in [0.1, 0.15) is 11.1 Å². The van der Waals surface area contributed by atoms with Gasteiger partial charge in [0.1, 0.15) is 5.82 Å².